The minimum Gasteiger partial charge on any atom is -0.356 e. The van der Waals surface area contributed by atoms with Gasteiger partial charge in [0.2, 0.25) is 0 Å². The summed E-state index contributed by atoms with van der Waals surface area (Å²) in [4.78, 5) is 23.8. The SMILES string of the molecule is O=C1NCCc2[nH]c(-c3ccnc(-c4cccc(F)c4)n3)cc21. The van der Waals surface area contributed by atoms with Crippen molar-refractivity contribution in [1.29, 1.82) is 0 Å². The molecule has 1 aromatic carbocycles. The van der Waals surface area contributed by atoms with Gasteiger partial charge in [0.1, 0.15) is 5.82 Å². The molecular weight excluding hydrogens is 295 g/mol. The molecule has 1 aliphatic rings. The molecule has 0 saturated heterocycles. The molecular formula is C17H13FN4O. The van der Waals surface area contributed by atoms with Gasteiger partial charge in [-0.3, -0.25) is 4.79 Å². The van der Waals surface area contributed by atoms with E-state index >= 15 is 0 Å². The lowest BCUT2D eigenvalue weighted by Gasteiger charge is -2.10. The molecule has 0 radical (unpaired) electrons. The molecule has 3 aromatic rings. The number of amides is 1. The van der Waals surface area contributed by atoms with Crippen LogP contribution in [0.3, 0.4) is 0 Å². The maximum Gasteiger partial charge on any atom is 0.253 e. The van der Waals surface area contributed by atoms with Gasteiger partial charge in [-0.05, 0) is 24.3 Å². The number of hydrogen-bond acceptors (Lipinski definition) is 3. The van der Waals surface area contributed by atoms with Crippen LogP contribution in [0.5, 0.6) is 0 Å². The van der Waals surface area contributed by atoms with Gasteiger partial charge in [-0.1, -0.05) is 12.1 Å². The highest BCUT2D eigenvalue weighted by Gasteiger charge is 2.20. The number of fused-ring (bicyclic) bond motifs is 1. The molecule has 0 unspecified atom stereocenters. The molecule has 2 N–H and O–H groups in total. The molecule has 3 heterocycles. The molecule has 114 valence electrons. The summed E-state index contributed by atoms with van der Waals surface area (Å²) in [6, 6.07) is 9.71. The van der Waals surface area contributed by atoms with E-state index in [1.165, 1.54) is 12.1 Å². The summed E-state index contributed by atoms with van der Waals surface area (Å²) >= 11 is 0. The Morgan fingerprint density at radius 3 is 2.91 bits per heavy atom. The Labute approximate surface area is 131 Å². The standard InChI is InChI=1S/C17H13FN4O/c18-11-3-1-2-10(8-11)16-19-6-5-14(22-16)15-9-12-13(21-15)4-7-20-17(12)23/h1-3,5-6,8-9,21H,4,7H2,(H,20,23). The van der Waals surface area contributed by atoms with E-state index in [-0.39, 0.29) is 11.7 Å². The van der Waals surface area contributed by atoms with Crippen molar-refractivity contribution in [3.63, 3.8) is 0 Å². The van der Waals surface area contributed by atoms with E-state index in [4.69, 9.17) is 0 Å². The molecule has 0 spiro atoms. The summed E-state index contributed by atoms with van der Waals surface area (Å²) in [6.07, 6.45) is 2.39. The lowest BCUT2D eigenvalue weighted by molar-refractivity contribution is 0.0946. The van der Waals surface area contributed by atoms with Crippen molar-refractivity contribution in [2.24, 2.45) is 0 Å². The number of benzene rings is 1. The lowest BCUT2D eigenvalue weighted by Crippen LogP contribution is -2.31. The molecule has 2 aromatic heterocycles. The monoisotopic (exact) mass is 308 g/mol. The van der Waals surface area contributed by atoms with Gasteiger partial charge < -0.3 is 10.3 Å². The van der Waals surface area contributed by atoms with Gasteiger partial charge in [0.15, 0.2) is 5.82 Å². The third-order valence-corrected chi connectivity index (χ3v) is 3.82. The molecule has 23 heavy (non-hydrogen) atoms. The fraction of sp³-hybridized carbons (Fsp3) is 0.118. The van der Waals surface area contributed by atoms with E-state index in [0.29, 0.717) is 29.2 Å². The smallest absolute Gasteiger partial charge is 0.253 e. The van der Waals surface area contributed by atoms with Gasteiger partial charge in [0.25, 0.3) is 5.91 Å². The number of rotatable bonds is 2. The molecule has 1 amide bonds. The van der Waals surface area contributed by atoms with E-state index in [9.17, 15) is 9.18 Å². The van der Waals surface area contributed by atoms with Crippen LogP contribution in [-0.2, 0) is 6.42 Å². The van der Waals surface area contributed by atoms with Crippen molar-refractivity contribution in [1.82, 2.24) is 20.3 Å². The summed E-state index contributed by atoms with van der Waals surface area (Å²) in [6.45, 7) is 0.629. The molecule has 0 aliphatic carbocycles. The number of nitrogens with zero attached hydrogens (tertiary/aromatic N) is 2. The first-order chi connectivity index (χ1) is 11.2. The zero-order chi connectivity index (χ0) is 15.8. The van der Waals surface area contributed by atoms with Crippen molar-refractivity contribution in [2.45, 2.75) is 6.42 Å². The molecule has 0 saturated carbocycles. The second-order valence-electron chi connectivity index (χ2n) is 5.36. The van der Waals surface area contributed by atoms with Crippen molar-refractivity contribution in [3.8, 4) is 22.8 Å². The van der Waals surface area contributed by atoms with Gasteiger partial charge in [-0.2, -0.15) is 0 Å². The Balaban J connectivity index is 1.76. The molecule has 1 aliphatic heterocycles. The van der Waals surface area contributed by atoms with Crippen LogP contribution < -0.4 is 5.32 Å². The molecule has 4 rings (SSSR count). The summed E-state index contributed by atoms with van der Waals surface area (Å²) in [5.74, 6) is 0.0377. The highest BCUT2D eigenvalue weighted by molar-refractivity contribution is 5.97. The Kier molecular flexibility index (Phi) is 3.15. The number of nitrogens with one attached hydrogen (secondary N) is 2. The van der Waals surface area contributed by atoms with Crippen LogP contribution in [0.1, 0.15) is 16.1 Å². The maximum atomic E-state index is 13.4. The predicted molar refractivity (Wildman–Crippen MR) is 83.2 cm³/mol. The minimum absolute atomic E-state index is 0.0758. The van der Waals surface area contributed by atoms with E-state index in [0.717, 1.165) is 17.8 Å². The fourth-order valence-electron chi connectivity index (χ4n) is 2.71. The number of carbonyl (C=O) groups excluding carboxylic acids is 1. The summed E-state index contributed by atoms with van der Waals surface area (Å²) in [7, 11) is 0. The summed E-state index contributed by atoms with van der Waals surface area (Å²) in [5.41, 5.74) is 3.60. The number of halogens is 1. The lowest BCUT2D eigenvalue weighted by atomic mass is 10.1. The first-order valence-corrected chi connectivity index (χ1v) is 7.30. The summed E-state index contributed by atoms with van der Waals surface area (Å²) < 4.78 is 13.4. The van der Waals surface area contributed by atoms with E-state index in [1.807, 2.05) is 0 Å². The first-order valence-electron chi connectivity index (χ1n) is 7.30. The van der Waals surface area contributed by atoms with Crippen LogP contribution in [0.15, 0.2) is 42.6 Å². The van der Waals surface area contributed by atoms with Gasteiger partial charge in [0.05, 0.1) is 17.0 Å². The maximum absolute atomic E-state index is 13.4. The number of aromatic nitrogens is 3. The number of carbonyl (C=O) groups is 1. The van der Waals surface area contributed by atoms with Gasteiger partial charge >= 0.3 is 0 Å². The minimum atomic E-state index is -0.330. The number of hydrogen-bond donors (Lipinski definition) is 2. The second-order valence-corrected chi connectivity index (χ2v) is 5.36. The zero-order valence-electron chi connectivity index (χ0n) is 12.1. The Bertz CT molecular complexity index is 903. The van der Waals surface area contributed by atoms with Crippen LogP contribution in [-0.4, -0.2) is 27.4 Å². The third-order valence-electron chi connectivity index (χ3n) is 3.82. The van der Waals surface area contributed by atoms with Crippen LogP contribution in [0.25, 0.3) is 22.8 Å². The zero-order valence-corrected chi connectivity index (χ0v) is 12.1. The van der Waals surface area contributed by atoms with Crippen LogP contribution in [0.2, 0.25) is 0 Å². The largest absolute Gasteiger partial charge is 0.356 e. The van der Waals surface area contributed by atoms with Crippen LogP contribution >= 0.6 is 0 Å². The predicted octanol–water partition coefficient (Wildman–Crippen LogP) is 2.56. The molecule has 6 heteroatoms. The van der Waals surface area contributed by atoms with Crippen molar-refractivity contribution in [2.75, 3.05) is 6.54 Å². The van der Waals surface area contributed by atoms with E-state index < -0.39 is 0 Å². The topological polar surface area (TPSA) is 70.7 Å². The third kappa shape index (κ3) is 2.48. The van der Waals surface area contributed by atoms with Crippen molar-refractivity contribution in [3.05, 3.63) is 59.7 Å². The molecule has 0 bridgehead atoms. The van der Waals surface area contributed by atoms with Crippen LogP contribution in [0, 0.1) is 5.82 Å². The molecule has 0 atom stereocenters. The van der Waals surface area contributed by atoms with Crippen LogP contribution in [0.4, 0.5) is 4.39 Å². The van der Waals surface area contributed by atoms with Gasteiger partial charge in [-0.25, -0.2) is 14.4 Å². The van der Waals surface area contributed by atoms with Gasteiger partial charge in [-0.15, -0.1) is 0 Å². The Hall–Kier alpha value is -3.02. The highest BCUT2D eigenvalue weighted by Crippen LogP contribution is 2.24. The molecule has 5 nitrogen and oxygen atoms in total. The number of aromatic amines is 1. The Morgan fingerprint density at radius 1 is 1.17 bits per heavy atom. The summed E-state index contributed by atoms with van der Waals surface area (Å²) in [5, 5.41) is 2.81. The highest BCUT2D eigenvalue weighted by atomic mass is 19.1. The Morgan fingerprint density at radius 2 is 2.09 bits per heavy atom. The van der Waals surface area contributed by atoms with Gasteiger partial charge in [0, 0.05) is 30.4 Å². The number of H-pyrrole nitrogens is 1. The normalized spacial score (nSPS) is 13.5. The van der Waals surface area contributed by atoms with E-state index in [1.54, 1.807) is 30.5 Å². The quantitative estimate of drug-likeness (QED) is 0.764. The average Bonchev–Trinajstić information content (AvgIpc) is 3.01. The fourth-order valence-corrected chi connectivity index (χ4v) is 2.71. The first kappa shape index (κ1) is 13.6. The van der Waals surface area contributed by atoms with Crippen molar-refractivity contribution < 1.29 is 9.18 Å². The van der Waals surface area contributed by atoms with E-state index in [2.05, 4.69) is 20.3 Å². The van der Waals surface area contributed by atoms with Crippen molar-refractivity contribution >= 4 is 5.91 Å². The second kappa shape index (κ2) is 5.31. The average molecular weight is 308 g/mol. The molecule has 0 fully saturated rings.